The van der Waals surface area contributed by atoms with Crippen LogP contribution < -0.4 is 10.2 Å². The topological polar surface area (TPSA) is 71.3 Å². The first-order chi connectivity index (χ1) is 11.9. The molecule has 0 amide bonds. The third-order valence-corrected chi connectivity index (χ3v) is 4.87. The second-order valence-electron chi connectivity index (χ2n) is 6.48. The summed E-state index contributed by atoms with van der Waals surface area (Å²) in [7, 11) is 0. The maximum absolute atomic E-state index is 11.0. The fraction of sp³-hybridized carbons (Fsp3) is 0.389. The van der Waals surface area contributed by atoms with Crippen LogP contribution in [0.3, 0.4) is 0 Å². The molecular weight excluding hydrogens is 340 g/mol. The predicted molar refractivity (Wildman–Crippen MR) is 101 cm³/mol. The van der Waals surface area contributed by atoms with Crippen LogP contribution in [0.5, 0.6) is 0 Å². The van der Waals surface area contributed by atoms with Gasteiger partial charge in [0.1, 0.15) is 5.82 Å². The van der Waals surface area contributed by atoms with Gasteiger partial charge in [0.05, 0.1) is 15.6 Å². The lowest BCUT2D eigenvalue weighted by atomic mass is 10.0. The molecule has 0 bridgehead atoms. The summed E-state index contributed by atoms with van der Waals surface area (Å²) < 4.78 is 0. The molecule has 132 valence electrons. The van der Waals surface area contributed by atoms with Crippen molar-refractivity contribution in [1.82, 2.24) is 4.98 Å². The van der Waals surface area contributed by atoms with Gasteiger partial charge in [0.2, 0.25) is 0 Å². The number of nitrogens with zero attached hydrogens (tertiary/aromatic N) is 3. The molecular formula is C18H21ClN4O2. The number of piperidine rings is 1. The monoisotopic (exact) mass is 360 g/mol. The molecule has 1 fully saturated rings. The zero-order valence-corrected chi connectivity index (χ0v) is 15.1. The molecule has 0 aliphatic carbocycles. The normalized spacial score (nSPS) is 15.2. The maximum atomic E-state index is 11.0. The quantitative estimate of drug-likeness (QED) is 0.648. The Kier molecular flexibility index (Phi) is 5.08. The predicted octanol–water partition coefficient (Wildman–Crippen LogP) is 4.34. The van der Waals surface area contributed by atoms with Gasteiger partial charge in [-0.3, -0.25) is 10.1 Å². The minimum absolute atomic E-state index is 0.0517. The Morgan fingerprint density at radius 2 is 2.00 bits per heavy atom. The number of halogens is 1. The van der Waals surface area contributed by atoms with Crippen LogP contribution in [0, 0.1) is 24.0 Å². The van der Waals surface area contributed by atoms with E-state index in [1.807, 2.05) is 13.1 Å². The van der Waals surface area contributed by atoms with E-state index in [2.05, 4.69) is 27.3 Å². The lowest BCUT2D eigenvalue weighted by Crippen LogP contribution is -2.39. The second-order valence-corrected chi connectivity index (χ2v) is 6.88. The summed E-state index contributed by atoms with van der Waals surface area (Å²) in [6.07, 6.45) is 3.81. The van der Waals surface area contributed by atoms with E-state index in [0.717, 1.165) is 43.0 Å². The molecule has 3 rings (SSSR count). The van der Waals surface area contributed by atoms with Crippen LogP contribution in [-0.2, 0) is 0 Å². The lowest BCUT2D eigenvalue weighted by molar-refractivity contribution is -0.385. The Hall–Kier alpha value is -2.34. The van der Waals surface area contributed by atoms with Gasteiger partial charge in [0, 0.05) is 37.0 Å². The number of nitrogens with one attached hydrogen (secondary N) is 1. The molecule has 25 heavy (non-hydrogen) atoms. The van der Waals surface area contributed by atoms with Gasteiger partial charge in [-0.15, -0.1) is 0 Å². The molecule has 6 nitrogen and oxygen atoms in total. The van der Waals surface area contributed by atoms with E-state index in [1.54, 1.807) is 13.0 Å². The van der Waals surface area contributed by atoms with Crippen molar-refractivity contribution in [2.45, 2.75) is 32.7 Å². The average Bonchev–Trinajstić information content (AvgIpc) is 2.59. The van der Waals surface area contributed by atoms with Crippen molar-refractivity contribution in [2.24, 2.45) is 0 Å². The third kappa shape index (κ3) is 4.02. The van der Waals surface area contributed by atoms with Crippen LogP contribution in [0.15, 0.2) is 30.5 Å². The Morgan fingerprint density at radius 1 is 1.28 bits per heavy atom. The molecule has 7 heteroatoms. The Bertz CT molecular complexity index is 771. The van der Waals surface area contributed by atoms with Gasteiger partial charge in [-0.2, -0.15) is 0 Å². The van der Waals surface area contributed by atoms with E-state index < -0.39 is 4.92 Å². The van der Waals surface area contributed by atoms with Crippen molar-refractivity contribution in [3.05, 3.63) is 56.7 Å². The highest BCUT2D eigenvalue weighted by molar-refractivity contribution is 6.33. The number of pyridine rings is 1. The number of hydrogen-bond acceptors (Lipinski definition) is 5. The largest absolute Gasteiger partial charge is 0.381 e. The lowest BCUT2D eigenvalue weighted by Gasteiger charge is -2.33. The number of aryl methyl sites for hydroxylation is 2. The van der Waals surface area contributed by atoms with E-state index in [1.165, 1.54) is 6.07 Å². The number of aromatic nitrogens is 1. The van der Waals surface area contributed by atoms with Crippen LogP contribution in [0.2, 0.25) is 5.02 Å². The number of rotatable bonds is 4. The molecule has 0 saturated carbocycles. The SMILES string of the molecule is Cc1ccc(N2CCC(Nc3cc(C)c([N+](=O)[O-])cc3Cl)CC2)nc1. The minimum atomic E-state index is -0.405. The number of nitro groups is 1. The fourth-order valence-electron chi connectivity index (χ4n) is 3.10. The highest BCUT2D eigenvalue weighted by Gasteiger charge is 2.22. The van der Waals surface area contributed by atoms with Crippen LogP contribution in [0.25, 0.3) is 0 Å². The molecule has 1 aromatic heterocycles. The van der Waals surface area contributed by atoms with Crippen molar-refractivity contribution in [2.75, 3.05) is 23.3 Å². The van der Waals surface area contributed by atoms with Crippen molar-refractivity contribution < 1.29 is 4.92 Å². The minimum Gasteiger partial charge on any atom is -0.381 e. The molecule has 1 aliphatic heterocycles. The summed E-state index contributed by atoms with van der Waals surface area (Å²) >= 11 is 6.22. The number of nitro benzene ring substituents is 1. The first kappa shape index (κ1) is 17.5. The van der Waals surface area contributed by atoms with Crippen molar-refractivity contribution in [3.63, 3.8) is 0 Å². The Morgan fingerprint density at radius 3 is 2.60 bits per heavy atom. The molecule has 2 heterocycles. The number of benzene rings is 1. The van der Waals surface area contributed by atoms with Gasteiger partial charge in [-0.1, -0.05) is 17.7 Å². The highest BCUT2D eigenvalue weighted by atomic mass is 35.5. The van der Waals surface area contributed by atoms with Crippen LogP contribution in [0.1, 0.15) is 24.0 Å². The van der Waals surface area contributed by atoms with E-state index in [-0.39, 0.29) is 5.69 Å². The molecule has 1 aliphatic rings. The van der Waals surface area contributed by atoms with Crippen molar-refractivity contribution >= 4 is 28.8 Å². The van der Waals surface area contributed by atoms with Gasteiger partial charge in [-0.25, -0.2) is 4.98 Å². The van der Waals surface area contributed by atoms with Gasteiger partial charge in [0.15, 0.2) is 0 Å². The first-order valence-electron chi connectivity index (χ1n) is 8.32. The van der Waals surface area contributed by atoms with Crippen molar-refractivity contribution in [3.8, 4) is 0 Å². The molecule has 1 saturated heterocycles. The summed E-state index contributed by atoms with van der Waals surface area (Å²) in [6, 6.07) is 7.60. The molecule has 0 atom stereocenters. The first-order valence-corrected chi connectivity index (χ1v) is 8.70. The molecule has 0 spiro atoms. The Labute approximate surface area is 152 Å². The average molecular weight is 361 g/mol. The van der Waals surface area contributed by atoms with Gasteiger partial charge >= 0.3 is 0 Å². The van der Waals surface area contributed by atoms with Gasteiger partial charge < -0.3 is 10.2 Å². The zero-order chi connectivity index (χ0) is 18.0. The summed E-state index contributed by atoms with van der Waals surface area (Å²) in [4.78, 5) is 17.3. The third-order valence-electron chi connectivity index (χ3n) is 4.56. The summed E-state index contributed by atoms with van der Waals surface area (Å²) in [5, 5.41) is 14.8. The smallest absolute Gasteiger partial charge is 0.273 e. The molecule has 0 radical (unpaired) electrons. The van der Waals surface area contributed by atoms with Crippen LogP contribution in [-0.4, -0.2) is 29.0 Å². The number of anilines is 2. The van der Waals surface area contributed by atoms with E-state index in [9.17, 15) is 10.1 Å². The standard InChI is InChI=1S/C18H21ClN4O2/c1-12-3-4-18(20-11-12)22-7-5-14(6-8-22)21-16-9-13(2)17(23(24)25)10-15(16)19/h3-4,9-11,14,21H,5-8H2,1-2H3. The fourth-order valence-corrected chi connectivity index (χ4v) is 3.31. The van der Waals surface area contributed by atoms with E-state index >= 15 is 0 Å². The summed E-state index contributed by atoms with van der Waals surface area (Å²) in [6.45, 7) is 5.59. The maximum Gasteiger partial charge on any atom is 0.273 e. The highest BCUT2D eigenvalue weighted by Crippen LogP contribution is 2.32. The van der Waals surface area contributed by atoms with Crippen LogP contribution >= 0.6 is 11.6 Å². The van der Waals surface area contributed by atoms with Crippen molar-refractivity contribution in [1.29, 1.82) is 0 Å². The van der Waals surface area contributed by atoms with E-state index in [4.69, 9.17) is 11.6 Å². The summed E-state index contributed by atoms with van der Waals surface area (Å²) in [5.41, 5.74) is 2.58. The van der Waals surface area contributed by atoms with Gasteiger partial charge in [0.25, 0.3) is 5.69 Å². The zero-order valence-electron chi connectivity index (χ0n) is 14.3. The van der Waals surface area contributed by atoms with Gasteiger partial charge in [-0.05, 0) is 44.4 Å². The van der Waals surface area contributed by atoms with E-state index in [0.29, 0.717) is 16.6 Å². The molecule has 1 aromatic carbocycles. The number of hydrogen-bond donors (Lipinski definition) is 1. The Balaban J connectivity index is 1.63. The summed E-state index contributed by atoms with van der Waals surface area (Å²) in [5.74, 6) is 1.01. The second kappa shape index (κ2) is 7.27. The molecule has 0 unspecified atom stereocenters. The molecule has 1 N–H and O–H groups in total. The molecule has 2 aromatic rings. The van der Waals surface area contributed by atoms with Crippen LogP contribution in [0.4, 0.5) is 17.2 Å².